The lowest BCUT2D eigenvalue weighted by Crippen LogP contribution is -2.54. The van der Waals surface area contributed by atoms with Crippen molar-refractivity contribution in [2.24, 2.45) is 0 Å². The molecular formula is C5H14Cl2OSi3. The molecular weight excluding hydrogens is 231 g/mol. The summed E-state index contributed by atoms with van der Waals surface area (Å²) in [6.45, 7) is 5.06. The fourth-order valence-corrected chi connectivity index (χ4v) is 34.4. The van der Waals surface area contributed by atoms with E-state index >= 15 is 0 Å². The summed E-state index contributed by atoms with van der Waals surface area (Å²) in [5.74, 6) is 0. The van der Waals surface area contributed by atoms with Crippen molar-refractivity contribution in [3.8, 4) is 0 Å². The highest BCUT2D eigenvalue weighted by Gasteiger charge is 2.43. The minimum Gasteiger partial charge on any atom is -0.407 e. The Labute approximate surface area is 82.3 Å². The molecule has 0 bridgehead atoms. The first-order chi connectivity index (χ1) is 4.81. The topological polar surface area (TPSA) is 9.23 Å². The molecule has 0 aromatic heterocycles. The van der Waals surface area contributed by atoms with E-state index in [-0.39, 0.29) is 8.55 Å². The van der Waals surface area contributed by atoms with E-state index in [1.165, 1.54) is 0 Å². The van der Waals surface area contributed by atoms with Crippen molar-refractivity contribution in [1.29, 1.82) is 0 Å². The summed E-state index contributed by atoms with van der Waals surface area (Å²) in [7, 11) is -0.979. The predicted molar refractivity (Wildman–Crippen MR) is 59.2 cm³/mol. The van der Waals surface area contributed by atoms with Crippen molar-refractivity contribution in [3.63, 3.8) is 0 Å². The van der Waals surface area contributed by atoms with Crippen molar-refractivity contribution >= 4 is 46.7 Å². The zero-order valence-corrected chi connectivity index (χ0v) is 12.2. The third kappa shape index (κ3) is 3.20. The molecule has 0 spiro atoms. The third-order valence-corrected chi connectivity index (χ3v) is 29.1. The van der Waals surface area contributed by atoms with Crippen LogP contribution in [0.15, 0.2) is 0 Å². The van der Waals surface area contributed by atoms with Gasteiger partial charge in [0.25, 0.3) is 0 Å². The van der Waals surface area contributed by atoms with Crippen molar-refractivity contribution < 1.29 is 4.43 Å². The smallest absolute Gasteiger partial charge is 0.156 e. The van der Waals surface area contributed by atoms with Crippen molar-refractivity contribution in [2.75, 3.05) is 0 Å². The van der Waals surface area contributed by atoms with Crippen LogP contribution >= 0.6 is 22.7 Å². The molecule has 11 heavy (non-hydrogen) atoms. The maximum absolute atomic E-state index is 6.42. The molecule has 1 fully saturated rings. The molecule has 66 valence electrons. The van der Waals surface area contributed by atoms with Gasteiger partial charge in [0.2, 0.25) is 0 Å². The van der Waals surface area contributed by atoms with Crippen LogP contribution in [0.4, 0.5) is 0 Å². The second-order valence-corrected chi connectivity index (χ2v) is 27.2. The Kier molecular flexibility index (Phi) is 2.95. The molecule has 0 aromatic carbocycles. The molecule has 1 saturated heterocycles. The van der Waals surface area contributed by atoms with Crippen LogP contribution in [0, 0.1) is 0 Å². The van der Waals surface area contributed by atoms with Gasteiger partial charge in [0.15, 0.2) is 8.56 Å². The SMILES string of the molecule is C[SiH]1OC(C)(Cl)C[Si](C)(Cl)[SiH2]1. The first-order valence-corrected chi connectivity index (χ1v) is 15.2. The summed E-state index contributed by atoms with van der Waals surface area (Å²) in [6, 6.07) is 0.937. The lowest BCUT2D eigenvalue weighted by atomic mass is 10.5. The highest BCUT2D eigenvalue weighted by Crippen LogP contribution is 2.34. The standard InChI is InChI=1S/C5H14Cl2OSi3/c1-5(6)4-11(3,7)9-10(2)8-5/h10H,4,9H2,1-3H3. The molecule has 3 unspecified atom stereocenters. The van der Waals surface area contributed by atoms with E-state index in [0.717, 1.165) is 6.04 Å². The van der Waals surface area contributed by atoms with Crippen LogP contribution in [0.3, 0.4) is 0 Å². The van der Waals surface area contributed by atoms with Crippen LogP contribution in [0.5, 0.6) is 0 Å². The number of hydrogen-bond donors (Lipinski definition) is 0. The van der Waals surface area contributed by atoms with Crippen LogP contribution in [0.2, 0.25) is 19.1 Å². The summed E-state index contributed by atoms with van der Waals surface area (Å²) in [5, 5.41) is -0.417. The van der Waals surface area contributed by atoms with Gasteiger partial charge in [-0.15, -0.1) is 0 Å². The molecule has 1 heterocycles. The zero-order valence-electron chi connectivity index (χ0n) is 7.16. The van der Waals surface area contributed by atoms with E-state index in [0.29, 0.717) is 0 Å². The van der Waals surface area contributed by atoms with Gasteiger partial charge in [-0.2, -0.15) is 11.1 Å². The quantitative estimate of drug-likeness (QED) is 0.355. The number of alkyl halides is 1. The first-order valence-electron chi connectivity index (χ1n) is 3.86. The van der Waals surface area contributed by atoms with Gasteiger partial charge in [0.1, 0.15) is 12.0 Å². The molecule has 3 atom stereocenters. The van der Waals surface area contributed by atoms with E-state index in [1.807, 2.05) is 6.92 Å². The summed E-state index contributed by atoms with van der Waals surface area (Å²) in [6.07, 6.45) is 0. The number of hydrogen-bond acceptors (Lipinski definition) is 1. The van der Waals surface area contributed by atoms with Gasteiger partial charge in [-0.05, 0) is 13.0 Å². The van der Waals surface area contributed by atoms with Gasteiger partial charge < -0.3 is 4.43 Å². The maximum atomic E-state index is 6.42. The van der Waals surface area contributed by atoms with Crippen LogP contribution < -0.4 is 0 Å². The highest BCUT2D eigenvalue weighted by molar-refractivity contribution is 7.61. The maximum Gasteiger partial charge on any atom is 0.156 e. The van der Waals surface area contributed by atoms with Crippen LogP contribution in [0.25, 0.3) is 0 Å². The second-order valence-electron chi connectivity index (χ2n) is 3.82. The van der Waals surface area contributed by atoms with Gasteiger partial charge in [-0.25, -0.2) is 0 Å². The van der Waals surface area contributed by atoms with Crippen LogP contribution in [-0.4, -0.2) is 29.1 Å². The van der Waals surface area contributed by atoms with Gasteiger partial charge >= 0.3 is 0 Å². The van der Waals surface area contributed by atoms with Crippen LogP contribution in [0.1, 0.15) is 6.92 Å². The Morgan fingerprint density at radius 3 is 2.64 bits per heavy atom. The van der Waals surface area contributed by atoms with Gasteiger partial charge in [0, 0.05) is 0 Å². The average molecular weight is 245 g/mol. The lowest BCUT2D eigenvalue weighted by molar-refractivity contribution is 0.204. The molecule has 1 nitrogen and oxygen atoms in total. The van der Waals surface area contributed by atoms with E-state index in [9.17, 15) is 0 Å². The Balaban J connectivity index is 2.66. The third-order valence-electron chi connectivity index (χ3n) is 1.84. The van der Waals surface area contributed by atoms with Crippen LogP contribution in [-0.2, 0) is 4.43 Å². The molecule has 1 rings (SSSR count). The summed E-state index contributed by atoms with van der Waals surface area (Å²) < 4.78 is 5.73. The zero-order chi connectivity index (χ0) is 8.70. The molecule has 6 heteroatoms. The Hall–Kier alpha value is 1.19. The molecule has 0 amide bonds. The highest BCUT2D eigenvalue weighted by atomic mass is 35.6. The molecule has 0 saturated carbocycles. The second kappa shape index (κ2) is 3.16. The molecule has 0 N–H and O–H groups in total. The van der Waals surface area contributed by atoms with Gasteiger partial charge in [0.05, 0.1) is 8.55 Å². The normalized spacial score (nSPS) is 54.8. The Bertz CT molecular complexity index is 146. The summed E-state index contributed by atoms with van der Waals surface area (Å²) in [4.78, 5) is 0. The predicted octanol–water partition coefficient (Wildman–Crippen LogP) is 1.30. The molecule has 1 aliphatic heterocycles. The minimum atomic E-state index is -1.37. The Morgan fingerprint density at radius 1 is 1.73 bits per heavy atom. The molecule has 0 aliphatic carbocycles. The number of halogens is 2. The number of rotatable bonds is 0. The largest absolute Gasteiger partial charge is 0.407 e. The molecule has 0 aromatic rings. The minimum absolute atomic E-state index is 0.0715. The first kappa shape index (κ1) is 10.3. The van der Waals surface area contributed by atoms with E-state index in [4.69, 9.17) is 27.1 Å². The van der Waals surface area contributed by atoms with Crippen molar-refractivity contribution in [3.05, 3.63) is 0 Å². The lowest BCUT2D eigenvalue weighted by Gasteiger charge is -2.38. The fraction of sp³-hybridized carbons (Fsp3) is 1.00. The monoisotopic (exact) mass is 244 g/mol. The van der Waals surface area contributed by atoms with E-state index < -0.39 is 20.5 Å². The summed E-state index contributed by atoms with van der Waals surface area (Å²) in [5.41, 5.74) is 0. The molecule has 0 radical (unpaired) electrons. The molecule has 1 aliphatic rings. The van der Waals surface area contributed by atoms with Gasteiger partial charge in [-0.1, -0.05) is 24.7 Å². The fourth-order valence-electron chi connectivity index (χ4n) is 1.83. The average Bonchev–Trinajstić information content (AvgIpc) is 1.49. The van der Waals surface area contributed by atoms with Crippen molar-refractivity contribution in [2.45, 2.75) is 31.1 Å². The Morgan fingerprint density at radius 2 is 2.27 bits per heavy atom. The van der Waals surface area contributed by atoms with E-state index in [2.05, 4.69) is 13.1 Å². The van der Waals surface area contributed by atoms with Gasteiger partial charge in [-0.3, -0.25) is 0 Å². The summed E-state index contributed by atoms with van der Waals surface area (Å²) >= 11 is 12.6. The van der Waals surface area contributed by atoms with Crippen molar-refractivity contribution in [1.82, 2.24) is 0 Å². The van der Waals surface area contributed by atoms with E-state index in [1.54, 1.807) is 0 Å².